The van der Waals surface area contributed by atoms with Crippen LogP contribution in [0.15, 0.2) is 12.1 Å². The van der Waals surface area contributed by atoms with Gasteiger partial charge in [-0.25, -0.2) is 4.79 Å². The lowest BCUT2D eigenvalue weighted by molar-refractivity contribution is -0.123. The predicted octanol–water partition coefficient (Wildman–Crippen LogP) is -2.40. The Morgan fingerprint density at radius 2 is 2.03 bits per heavy atom. The van der Waals surface area contributed by atoms with E-state index in [1.165, 1.54) is 12.1 Å². The van der Waals surface area contributed by atoms with Crippen molar-refractivity contribution in [2.75, 3.05) is 32.8 Å². The third-order valence-corrected chi connectivity index (χ3v) is 4.53. The van der Waals surface area contributed by atoms with E-state index in [0.29, 0.717) is 13.1 Å². The van der Waals surface area contributed by atoms with E-state index >= 15 is 0 Å². The van der Waals surface area contributed by atoms with Crippen LogP contribution in [-0.2, 0) is 11.2 Å². The van der Waals surface area contributed by atoms with E-state index in [1.807, 2.05) is 4.90 Å². The van der Waals surface area contributed by atoms with Crippen LogP contribution in [-0.4, -0.2) is 94.2 Å². The molecule has 8 N–H and O–H groups in total. The van der Waals surface area contributed by atoms with Crippen LogP contribution < -0.4 is 15.8 Å². The molecule has 1 fully saturated rings. The Balaban J connectivity index is 1.93. The molecule has 0 radical (unpaired) electrons. The normalized spacial score (nSPS) is 15.4. The van der Waals surface area contributed by atoms with Gasteiger partial charge in [0.05, 0.1) is 12.6 Å². The third-order valence-electron chi connectivity index (χ3n) is 4.53. The van der Waals surface area contributed by atoms with Gasteiger partial charge in [-0.2, -0.15) is 0 Å². The largest absolute Gasteiger partial charge is 0.507 e. The number of aliphatic hydroxyl groups excluding tert-OH is 1. The molecular weight excluding hydrogens is 385 g/mol. The number of carbonyl (C=O) groups excluding carboxylic acids is 1. The summed E-state index contributed by atoms with van der Waals surface area (Å²) in [5.41, 5.74) is 5.69. The second kappa shape index (κ2) is 10.4. The second-order valence-corrected chi connectivity index (χ2v) is 6.85. The maximum atomic E-state index is 11.7. The quantitative estimate of drug-likeness (QED) is 0.194. The molecule has 160 valence electrons. The number of carboxylic acids is 1. The summed E-state index contributed by atoms with van der Waals surface area (Å²) in [6.07, 6.45) is -0.279. The predicted molar refractivity (Wildman–Crippen MR) is 103 cm³/mol. The average molecular weight is 411 g/mol. The Bertz CT molecular complexity index is 727. The Kier molecular flexibility index (Phi) is 8.23. The Hall–Kier alpha value is -2.38. The van der Waals surface area contributed by atoms with Crippen molar-refractivity contribution in [3.63, 3.8) is 0 Å². The highest BCUT2D eigenvalue weighted by atomic mass is 16.5. The summed E-state index contributed by atoms with van der Waals surface area (Å²) in [6, 6.07) is 2.15. The fourth-order valence-corrected chi connectivity index (χ4v) is 3.00. The molecule has 1 atom stereocenters. The maximum absolute atomic E-state index is 11.7. The SMILES string of the molecule is NC(CN1CC(Oc2ccc(CCB(O)O)c(O)c2C(=O)O)C1)C(=O)NCCO. The van der Waals surface area contributed by atoms with Crippen LogP contribution >= 0.6 is 0 Å². The van der Waals surface area contributed by atoms with Crippen molar-refractivity contribution in [1.29, 1.82) is 0 Å². The van der Waals surface area contributed by atoms with E-state index in [0.717, 1.165) is 0 Å². The van der Waals surface area contributed by atoms with Gasteiger partial charge in [0.2, 0.25) is 5.91 Å². The minimum absolute atomic E-state index is 0.0120. The van der Waals surface area contributed by atoms with Crippen molar-refractivity contribution in [2.45, 2.75) is 24.9 Å². The average Bonchev–Trinajstić information content (AvgIpc) is 2.62. The smallest absolute Gasteiger partial charge is 0.451 e. The number of ether oxygens (including phenoxy) is 1. The number of aliphatic hydroxyl groups is 1. The first-order valence-electron chi connectivity index (χ1n) is 9.20. The second-order valence-electron chi connectivity index (χ2n) is 6.85. The molecule has 1 aliphatic heterocycles. The van der Waals surface area contributed by atoms with E-state index in [9.17, 15) is 19.8 Å². The number of hydrogen-bond acceptors (Lipinski definition) is 9. The number of likely N-dealkylation sites (tertiary alicyclic amines) is 1. The van der Waals surface area contributed by atoms with E-state index < -0.39 is 24.9 Å². The monoisotopic (exact) mass is 411 g/mol. The lowest BCUT2D eigenvalue weighted by atomic mass is 9.82. The lowest BCUT2D eigenvalue weighted by Gasteiger charge is -2.40. The van der Waals surface area contributed by atoms with Crippen LogP contribution in [0.25, 0.3) is 0 Å². The van der Waals surface area contributed by atoms with Gasteiger partial charge in [0.25, 0.3) is 0 Å². The zero-order valence-corrected chi connectivity index (χ0v) is 15.8. The van der Waals surface area contributed by atoms with Gasteiger partial charge in [-0.3, -0.25) is 9.69 Å². The maximum Gasteiger partial charge on any atom is 0.451 e. The molecule has 0 spiro atoms. The zero-order chi connectivity index (χ0) is 21.6. The molecule has 1 unspecified atom stereocenters. The summed E-state index contributed by atoms with van der Waals surface area (Å²) >= 11 is 0. The minimum atomic E-state index is -1.56. The highest BCUT2D eigenvalue weighted by Crippen LogP contribution is 2.33. The molecule has 29 heavy (non-hydrogen) atoms. The summed E-state index contributed by atoms with van der Waals surface area (Å²) in [6.45, 7) is 1.11. The first-order valence-corrected chi connectivity index (χ1v) is 9.20. The number of aromatic hydroxyl groups is 1. The molecule has 2 rings (SSSR count). The minimum Gasteiger partial charge on any atom is -0.507 e. The van der Waals surface area contributed by atoms with Gasteiger partial charge in [0.15, 0.2) is 0 Å². The van der Waals surface area contributed by atoms with Gasteiger partial charge in [0.1, 0.15) is 23.2 Å². The summed E-state index contributed by atoms with van der Waals surface area (Å²) in [4.78, 5) is 25.1. The molecule has 1 aromatic carbocycles. The molecule has 0 aromatic heterocycles. The number of hydrogen-bond donors (Lipinski definition) is 7. The van der Waals surface area contributed by atoms with Gasteiger partial charge in [0, 0.05) is 26.2 Å². The summed E-state index contributed by atoms with van der Waals surface area (Å²) in [5.74, 6) is -2.18. The molecule has 1 amide bonds. The van der Waals surface area contributed by atoms with Gasteiger partial charge in [-0.15, -0.1) is 0 Å². The van der Waals surface area contributed by atoms with Gasteiger partial charge >= 0.3 is 13.1 Å². The molecule has 12 heteroatoms. The molecule has 0 aliphatic carbocycles. The van der Waals surface area contributed by atoms with E-state index in [-0.39, 0.29) is 61.3 Å². The highest BCUT2D eigenvalue weighted by Gasteiger charge is 2.32. The topological polar surface area (TPSA) is 186 Å². The van der Waals surface area contributed by atoms with E-state index in [2.05, 4.69) is 5.32 Å². The number of nitrogens with zero attached hydrogens (tertiary/aromatic N) is 1. The Labute approximate surface area is 167 Å². The van der Waals surface area contributed by atoms with E-state index in [4.69, 9.17) is 25.6 Å². The number of nitrogens with two attached hydrogens (primary N) is 1. The molecule has 1 saturated heterocycles. The number of carboxylic acid groups (broad SMARTS) is 1. The van der Waals surface area contributed by atoms with Crippen molar-refractivity contribution >= 4 is 19.0 Å². The van der Waals surface area contributed by atoms with E-state index in [1.54, 1.807) is 0 Å². The van der Waals surface area contributed by atoms with Crippen LogP contribution in [0.5, 0.6) is 11.5 Å². The van der Waals surface area contributed by atoms with Crippen molar-refractivity contribution in [3.05, 3.63) is 23.3 Å². The summed E-state index contributed by atoms with van der Waals surface area (Å²) in [7, 11) is -1.56. The van der Waals surface area contributed by atoms with Gasteiger partial charge < -0.3 is 41.2 Å². The number of nitrogens with one attached hydrogen (secondary N) is 1. The van der Waals surface area contributed by atoms with Crippen LogP contribution in [0.4, 0.5) is 0 Å². The fraction of sp³-hybridized carbons (Fsp3) is 0.529. The number of amides is 1. The number of phenols is 1. The summed E-state index contributed by atoms with van der Waals surface area (Å²) < 4.78 is 5.69. The van der Waals surface area contributed by atoms with Gasteiger partial charge in [-0.05, 0) is 24.4 Å². The van der Waals surface area contributed by atoms with Crippen molar-refractivity contribution in [1.82, 2.24) is 10.2 Å². The van der Waals surface area contributed by atoms with Crippen LogP contribution in [0.3, 0.4) is 0 Å². The van der Waals surface area contributed by atoms with Crippen molar-refractivity contribution < 1.29 is 39.7 Å². The molecular formula is C17H26BN3O8. The molecule has 0 saturated carbocycles. The molecule has 1 aromatic rings. The Morgan fingerprint density at radius 1 is 1.34 bits per heavy atom. The molecule has 1 aliphatic rings. The number of carbonyl (C=O) groups is 2. The van der Waals surface area contributed by atoms with Crippen LogP contribution in [0, 0.1) is 0 Å². The molecule has 1 heterocycles. The summed E-state index contributed by atoms with van der Waals surface area (Å²) in [5, 5.41) is 48.7. The molecule has 0 bridgehead atoms. The number of benzene rings is 1. The van der Waals surface area contributed by atoms with Crippen molar-refractivity contribution in [2.24, 2.45) is 5.73 Å². The zero-order valence-electron chi connectivity index (χ0n) is 15.8. The van der Waals surface area contributed by atoms with Crippen LogP contribution in [0.2, 0.25) is 6.32 Å². The molecule has 11 nitrogen and oxygen atoms in total. The van der Waals surface area contributed by atoms with Crippen molar-refractivity contribution in [3.8, 4) is 11.5 Å². The number of rotatable bonds is 11. The lowest BCUT2D eigenvalue weighted by Crippen LogP contribution is -2.59. The number of aromatic carboxylic acids is 1. The third kappa shape index (κ3) is 6.31. The fourth-order valence-electron chi connectivity index (χ4n) is 3.00. The Morgan fingerprint density at radius 3 is 2.62 bits per heavy atom. The van der Waals surface area contributed by atoms with Gasteiger partial charge in [-0.1, -0.05) is 6.07 Å². The first kappa shape index (κ1) is 22.9. The first-order chi connectivity index (χ1) is 13.7. The van der Waals surface area contributed by atoms with Crippen LogP contribution in [0.1, 0.15) is 15.9 Å². The highest BCUT2D eigenvalue weighted by molar-refractivity contribution is 6.41. The standard InChI is InChI=1S/C17H26BN3O8/c19-12(16(24)20-5-6-22)9-21-7-11(8-21)29-13-2-1-10(3-4-18(27)28)15(23)14(13)17(25)26/h1-2,11-12,22-23,27-28H,3-9,19H2,(H,20,24)(H,25,26). The number of aryl methyl sites for hydroxylation is 1.